The zero-order valence-corrected chi connectivity index (χ0v) is 12.8. The molecule has 21 heavy (non-hydrogen) atoms. The molecule has 4 fully saturated rings. The van der Waals surface area contributed by atoms with Gasteiger partial charge in [-0.15, -0.1) is 0 Å². The number of nitrogen functional groups attached to an aromatic ring is 1. The van der Waals surface area contributed by atoms with Crippen LogP contribution in [0.4, 0.5) is 5.69 Å². The van der Waals surface area contributed by atoms with Crippen LogP contribution < -0.4 is 10.5 Å². The third-order valence-corrected chi connectivity index (χ3v) is 6.92. The van der Waals surface area contributed by atoms with E-state index >= 15 is 0 Å². The largest absolute Gasteiger partial charge is 0.397 e. The molecule has 6 heteroatoms. The van der Waals surface area contributed by atoms with Crippen LogP contribution in [0.25, 0.3) is 0 Å². The number of anilines is 1. The average molecular weight is 307 g/mol. The van der Waals surface area contributed by atoms with Gasteiger partial charge in [0.2, 0.25) is 0 Å². The SMILES string of the molecule is Nc1ccc(S(=O)(=O)NC23CC4CC(CC(C4)C2)C3)nc1. The summed E-state index contributed by atoms with van der Waals surface area (Å²) in [6.45, 7) is 0. The zero-order chi connectivity index (χ0) is 14.7. The van der Waals surface area contributed by atoms with Crippen LogP contribution in [-0.2, 0) is 10.0 Å². The van der Waals surface area contributed by atoms with Crippen LogP contribution in [-0.4, -0.2) is 18.9 Å². The van der Waals surface area contributed by atoms with Crippen molar-refractivity contribution in [3.63, 3.8) is 0 Å². The topological polar surface area (TPSA) is 85.1 Å². The summed E-state index contributed by atoms with van der Waals surface area (Å²) in [5.41, 5.74) is 5.83. The molecular formula is C15H21N3O2S. The molecule has 0 atom stereocenters. The average Bonchev–Trinajstić information content (AvgIpc) is 2.36. The fraction of sp³-hybridized carbons (Fsp3) is 0.667. The van der Waals surface area contributed by atoms with Gasteiger partial charge in [-0.05, 0) is 68.4 Å². The van der Waals surface area contributed by atoms with Gasteiger partial charge in [0.15, 0.2) is 5.03 Å². The predicted octanol–water partition coefficient (Wildman–Crippen LogP) is 1.91. The Bertz CT molecular complexity index is 619. The van der Waals surface area contributed by atoms with Gasteiger partial charge in [-0.2, -0.15) is 0 Å². The number of pyridine rings is 1. The number of nitrogens with one attached hydrogen (secondary N) is 1. The van der Waals surface area contributed by atoms with Crippen molar-refractivity contribution in [3.05, 3.63) is 18.3 Å². The van der Waals surface area contributed by atoms with Crippen LogP contribution in [0, 0.1) is 17.8 Å². The lowest BCUT2D eigenvalue weighted by Crippen LogP contribution is -2.59. The fourth-order valence-electron chi connectivity index (χ4n) is 5.12. The summed E-state index contributed by atoms with van der Waals surface area (Å²) in [4.78, 5) is 3.97. The van der Waals surface area contributed by atoms with Crippen LogP contribution in [0.1, 0.15) is 38.5 Å². The van der Waals surface area contributed by atoms with Gasteiger partial charge >= 0.3 is 0 Å². The number of nitrogens with zero attached hydrogens (tertiary/aromatic N) is 1. The molecule has 0 radical (unpaired) electrons. The highest BCUT2D eigenvalue weighted by atomic mass is 32.2. The standard InChI is InChI=1S/C15H21N3O2S/c16-13-1-2-14(17-9-13)21(19,20)18-15-6-10-3-11(7-15)5-12(4-10)8-15/h1-2,9-12,18H,3-8,16H2. The van der Waals surface area contributed by atoms with E-state index in [-0.39, 0.29) is 10.6 Å². The molecule has 0 spiro atoms. The summed E-state index contributed by atoms with van der Waals surface area (Å²) < 4.78 is 28.2. The highest BCUT2D eigenvalue weighted by Crippen LogP contribution is 2.55. The second-order valence-corrected chi connectivity index (χ2v) is 8.86. The van der Waals surface area contributed by atoms with Crippen molar-refractivity contribution in [2.24, 2.45) is 17.8 Å². The van der Waals surface area contributed by atoms with E-state index in [1.165, 1.54) is 31.5 Å². The van der Waals surface area contributed by atoms with Crippen molar-refractivity contribution in [1.29, 1.82) is 0 Å². The highest BCUT2D eigenvalue weighted by Gasteiger charge is 2.52. The van der Waals surface area contributed by atoms with Gasteiger partial charge < -0.3 is 5.73 Å². The van der Waals surface area contributed by atoms with Gasteiger partial charge in [0, 0.05) is 5.54 Å². The monoisotopic (exact) mass is 307 g/mol. The Morgan fingerprint density at radius 2 is 1.67 bits per heavy atom. The van der Waals surface area contributed by atoms with Crippen molar-refractivity contribution in [2.75, 3.05) is 5.73 Å². The Kier molecular flexibility index (Phi) is 2.85. The molecule has 0 unspecified atom stereocenters. The number of sulfonamides is 1. The Balaban J connectivity index is 1.61. The molecule has 0 saturated heterocycles. The molecule has 5 rings (SSSR count). The molecule has 3 N–H and O–H groups in total. The van der Waals surface area contributed by atoms with E-state index in [9.17, 15) is 8.42 Å². The van der Waals surface area contributed by atoms with Crippen molar-refractivity contribution >= 4 is 15.7 Å². The normalized spacial score (nSPS) is 37.8. The molecule has 1 aromatic heterocycles. The lowest BCUT2D eigenvalue weighted by molar-refractivity contribution is -0.00813. The molecule has 0 aromatic carbocycles. The molecule has 1 aromatic rings. The number of aromatic nitrogens is 1. The second kappa shape index (κ2) is 4.43. The number of nitrogens with two attached hydrogens (primary N) is 1. The first-order chi connectivity index (χ1) is 9.94. The maximum absolute atomic E-state index is 12.6. The Hall–Kier alpha value is -1.14. The minimum atomic E-state index is -3.56. The first-order valence-electron chi connectivity index (χ1n) is 7.70. The summed E-state index contributed by atoms with van der Waals surface area (Å²) in [5, 5.41) is 0.0763. The number of hydrogen-bond acceptors (Lipinski definition) is 4. The van der Waals surface area contributed by atoms with Gasteiger partial charge in [-0.3, -0.25) is 0 Å². The quantitative estimate of drug-likeness (QED) is 0.893. The van der Waals surface area contributed by atoms with E-state index in [2.05, 4.69) is 9.71 Å². The minimum absolute atomic E-state index is 0.0763. The lowest BCUT2D eigenvalue weighted by atomic mass is 9.53. The van der Waals surface area contributed by atoms with Gasteiger partial charge in [-0.25, -0.2) is 18.1 Å². The zero-order valence-electron chi connectivity index (χ0n) is 12.0. The van der Waals surface area contributed by atoms with Crippen molar-refractivity contribution < 1.29 is 8.42 Å². The molecule has 114 valence electrons. The maximum atomic E-state index is 12.6. The van der Waals surface area contributed by atoms with Gasteiger partial charge in [0.1, 0.15) is 0 Å². The maximum Gasteiger partial charge on any atom is 0.258 e. The van der Waals surface area contributed by atoms with Crippen LogP contribution in [0.2, 0.25) is 0 Å². The molecular weight excluding hydrogens is 286 g/mol. The van der Waals surface area contributed by atoms with E-state index < -0.39 is 10.0 Å². The number of hydrogen-bond donors (Lipinski definition) is 2. The Morgan fingerprint density at radius 3 is 2.14 bits per heavy atom. The summed E-state index contributed by atoms with van der Waals surface area (Å²) in [6.07, 6.45) is 8.26. The third-order valence-electron chi connectivity index (χ3n) is 5.42. The first kappa shape index (κ1) is 13.5. The van der Waals surface area contributed by atoms with Crippen molar-refractivity contribution in [2.45, 2.75) is 49.1 Å². The molecule has 4 aliphatic carbocycles. The molecule has 1 heterocycles. The van der Waals surface area contributed by atoms with Gasteiger partial charge in [0.25, 0.3) is 10.0 Å². The first-order valence-corrected chi connectivity index (χ1v) is 9.18. The summed E-state index contributed by atoms with van der Waals surface area (Å²) in [7, 11) is -3.56. The van der Waals surface area contributed by atoms with Crippen LogP contribution in [0.15, 0.2) is 23.4 Å². The van der Waals surface area contributed by atoms with Crippen molar-refractivity contribution in [1.82, 2.24) is 9.71 Å². The second-order valence-electron chi connectivity index (χ2n) is 7.23. The third kappa shape index (κ3) is 2.34. The van der Waals surface area contributed by atoms with E-state index in [4.69, 9.17) is 5.73 Å². The highest BCUT2D eigenvalue weighted by molar-refractivity contribution is 7.89. The van der Waals surface area contributed by atoms with E-state index in [0.29, 0.717) is 23.4 Å². The van der Waals surface area contributed by atoms with E-state index in [1.54, 1.807) is 6.07 Å². The molecule has 0 aliphatic heterocycles. The van der Waals surface area contributed by atoms with E-state index in [1.807, 2.05) is 0 Å². The van der Waals surface area contributed by atoms with E-state index in [0.717, 1.165) is 19.3 Å². The fourth-order valence-corrected chi connectivity index (χ4v) is 6.49. The van der Waals surface area contributed by atoms with Crippen LogP contribution in [0.3, 0.4) is 0 Å². The molecule has 5 nitrogen and oxygen atoms in total. The summed E-state index contributed by atoms with van der Waals surface area (Å²) in [6, 6.07) is 3.07. The van der Waals surface area contributed by atoms with Crippen molar-refractivity contribution in [3.8, 4) is 0 Å². The smallest absolute Gasteiger partial charge is 0.258 e. The Labute approximate surface area is 125 Å². The lowest BCUT2D eigenvalue weighted by Gasteiger charge is -2.56. The minimum Gasteiger partial charge on any atom is -0.397 e. The Morgan fingerprint density at radius 1 is 1.10 bits per heavy atom. The number of rotatable bonds is 3. The predicted molar refractivity (Wildman–Crippen MR) is 79.9 cm³/mol. The molecule has 4 bridgehead atoms. The summed E-state index contributed by atoms with van der Waals surface area (Å²) in [5.74, 6) is 2.12. The van der Waals surface area contributed by atoms with Gasteiger partial charge in [-0.1, -0.05) is 0 Å². The molecule has 4 saturated carbocycles. The molecule has 0 amide bonds. The van der Waals surface area contributed by atoms with Crippen LogP contribution in [0.5, 0.6) is 0 Å². The van der Waals surface area contributed by atoms with Crippen LogP contribution >= 0.6 is 0 Å². The summed E-state index contributed by atoms with van der Waals surface area (Å²) >= 11 is 0. The molecule has 4 aliphatic rings. The van der Waals surface area contributed by atoms with Gasteiger partial charge in [0.05, 0.1) is 11.9 Å².